The van der Waals surface area contributed by atoms with E-state index in [-0.39, 0.29) is 28.5 Å². The highest BCUT2D eigenvalue weighted by Gasteiger charge is 2.45. The first-order valence-corrected chi connectivity index (χ1v) is 12.5. The molecule has 4 aromatic rings. The molecule has 2 aromatic heterocycles. The van der Waals surface area contributed by atoms with Gasteiger partial charge in [-0.05, 0) is 61.7 Å². The number of halogens is 1. The van der Waals surface area contributed by atoms with E-state index in [0.717, 1.165) is 49.5 Å². The third kappa shape index (κ3) is 3.88. The highest BCUT2D eigenvalue weighted by atomic mass is 19.1. The minimum absolute atomic E-state index is 0.0194. The molecule has 0 radical (unpaired) electrons. The van der Waals surface area contributed by atoms with Gasteiger partial charge in [-0.1, -0.05) is 24.3 Å². The molecule has 8 nitrogen and oxygen atoms in total. The summed E-state index contributed by atoms with van der Waals surface area (Å²) in [5, 5.41) is 15.5. The van der Waals surface area contributed by atoms with Crippen molar-refractivity contribution >= 4 is 27.5 Å². The normalized spacial score (nSPS) is 17.1. The Bertz CT molecular complexity index is 1440. The number of anilines is 1. The van der Waals surface area contributed by atoms with E-state index in [1.807, 2.05) is 24.3 Å². The molecule has 4 heterocycles. The summed E-state index contributed by atoms with van der Waals surface area (Å²) in [6.45, 7) is 3.51. The number of fused-ring (bicyclic) bond motifs is 3. The number of aromatic nitrogens is 3. The smallest absolute Gasteiger partial charge is 0.319 e. The Balaban J connectivity index is 1.44. The Labute approximate surface area is 208 Å². The van der Waals surface area contributed by atoms with Gasteiger partial charge in [-0.15, -0.1) is 0 Å². The first-order chi connectivity index (χ1) is 17.6. The Morgan fingerprint density at radius 2 is 1.92 bits per heavy atom. The predicted octanol–water partition coefficient (Wildman–Crippen LogP) is 4.07. The van der Waals surface area contributed by atoms with Crippen molar-refractivity contribution in [1.82, 2.24) is 19.9 Å². The number of rotatable bonds is 7. The zero-order chi connectivity index (χ0) is 24.7. The second-order valence-corrected chi connectivity index (χ2v) is 9.67. The third-order valence-corrected chi connectivity index (χ3v) is 7.48. The Morgan fingerprint density at radius 1 is 1.11 bits per heavy atom. The number of aromatic hydroxyl groups is 1. The number of nitrogens with zero attached hydrogens (tertiary/aromatic N) is 4. The predicted molar refractivity (Wildman–Crippen MR) is 138 cm³/mol. The molecule has 6 rings (SSSR count). The molecule has 0 bridgehead atoms. The van der Waals surface area contributed by atoms with Crippen LogP contribution in [0.1, 0.15) is 25.7 Å². The van der Waals surface area contributed by atoms with Gasteiger partial charge >= 0.3 is 6.01 Å². The van der Waals surface area contributed by atoms with Crippen LogP contribution in [0.25, 0.3) is 32.9 Å². The molecule has 186 valence electrons. The molecule has 2 fully saturated rings. The van der Waals surface area contributed by atoms with E-state index in [0.29, 0.717) is 36.5 Å². The molecular weight excluding hydrogens is 459 g/mol. The van der Waals surface area contributed by atoms with Crippen molar-refractivity contribution in [2.75, 3.05) is 38.1 Å². The quantitative estimate of drug-likeness (QED) is 0.357. The number of pyridine rings is 1. The minimum Gasteiger partial charge on any atom is -0.508 e. The van der Waals surface area contributed by atoms with E-state index in [1.165, 1.54) is 6.07 Å². The van der Waals surface area contributed by atoms with Crippen molar-refractivity contribution in [3.8, 4) is 23.0 Å². The van der Waals surface area contributed by atoms with E-state index >= 15 is 4.39 Å². The summed E-state index contributed by atoms with van der Waals surface area (Å²) in [5.74, 6) is -0.113. The monoisotopic (exact) mass is 488 g/mol. The SMILES string of the molecule is NCCNc1nc(OCC23CCCN2CCC3)nc2c(F)c(-c3cc(O)cc4ccccc34)ncc12. The van der Waals surface area contributed by atoms with Crippen LogP contribution >= 0.6 is 0 Å². The van der Waals surface area contributed by atoms with Gasteiger partial charge in [0.1, 0.15) is 29.4 Å². The van der Waals surface area contributed by atoms with E-state index in [2.05, 4.69) is 25.2 Å². The Kier molecular flexibility index (Phi) is 5.81. The molecular formula is C27H29FN6O2. The van der Waals surface area contributed by atoms with Crippen LogP contribution in [0.15, 0.2) is 42.6 Å². The van der Waals surface area contributed by atoms with Crippen LogP contribution in [0.2, 0.25) is 0 Å². The van der Waals surface area contributed by atoms with Crippen LogP contribution in [0.3, 0.4) is 0 Å². The molecule has 0 amide bonds. The minimum atomic E-state index is -0.590. The number of hydrogen-bond donors (Lipinski definition) is 3. The number of benzene rings is 2. The van der Waals surface area contributed by atoms with Crippen molar-refractivity contribution < 1.29 is 14.2 Å². The summed E-state index contributed by atoms with van der Waals surface area (Å²) >= 11 is 0. The van der Waals surface area contributed by atoms with Gasteiger partial charge < -0.3 is 20.9 Å². The summed E-state index contributed by atoms with van der Waals surface area (Å²) in [7, 11) is 0. The van der Waals surface area contributed by atoms with Gasteiger partial charge in [-0.25, -0.2) is 4.39 Å². The summed E-state index contributed by atoms with van der Waals surface area (Å²) in [5.41, 5.74) is 6.44. The van der Waals surface area contributed by atoms with Crippen molar-refractivity contribution in [3.05, 3.63) is 48.4 Å². The zero-order valence-electron chi connectivity index (χ0n) is 20.0. The molecule has 2 saturated heterocycles. The van der Waals surface area contributed by atoms with Crippen LogP contribution in [0.4, 0.5) is 10.2 Å². The van der Waals surface area contributed by atoms with Crippen molar-refractivity contribution in [2.45, 2.75) is 31.2 Å². The van der Waals surface area contributed by atoms with Crippen LogP contribution in [-0.2, 0) is 0 Å². The molecule has 0 saturated carbocycles. The van der Waals surface area contributed by atoms with Crippen molar-refractivity contribution in [3.63, 3.8) is 0 Å². The van der Waals surface area contributed by atoms with Gasteiger partial charge in [0, 0.05) is 24.8 Å². The third-order valence-electron chi connectivity index (χ3n) is 7.48. The average molecular weight is 489 g/mol. The summed E-state index contributed by atoms with van der Waals surface area (Å²) in [6.07, 6.45) is 6.06. The number of phenolic OH excluding ortho intramolecular Hbond substituents is 1. The lowest BCUT2D eigenvalue weighted by Gasteiger charge is -2.31. The molecule has 4 N–H and O–H groups in total. The standard InChI is InChI=1S/C27H29FN6O2/c28-22-23(20-14-18(35)13-17-5-1-2-6-19(17)20)31-15-21-24(22)32-26(33-25(21)30-10-9-29)36-16-27-7-3-11-34(27)12-4-8-27/h1-2,5-6,13-15,35H,3-4,7-12,16,29H2,(H,30,32,33). The van der Waals surface area contributed by atoms with Gasteiger partial charge in [0.2, 0.25) is 0 Å². The number of ether oxygens (including phenoxy) is 1. The lowest BCUT2D eigenvalue weighted by molar-refractivity contribution is 0.108. The second-order valence-electron chi connectivity index (χ2n) is 9.67. The van der Waals surface area contributed by atoms with E-state index in [9.17, 15) is 5.11 Å². The maximum atomic E-state index is 16.1. The average Bonchev–Trinajstić information content (AvgIpc) is 3.47. The molecule has 0 spiro atoms. The van der Waals surface area contributed by atoms with Gasteiger partial charge in [-0.2, -0.15) is 9.97 Å². The zero-order valence-corrected chi connectivity index (χ0v) is 20.0. The fourth-order valence-electron chi connectivity index (χ4n) is 5.76. The van der Waals surface area contributed by atoms with Crippen molar-refractivity contribution in [1.29, 1.82) is 0 Å². The largest absolute Gasteiger partial charge is 0.508 e. The summed E-state index contributed by atoms with van der Waals surface area (Å²) in [4.78, 5) is 16.0. The topological polar surface area (TPSA) is 109 Å². The van der Waals surface area contributed by atoms with Crippen molar-refractivity contribution in [2.24, 2.45) is 5.73 Å². The molecule has 9 heteroatoms. The molecule has 2 aliphatic rings. The molecule has 2 aromatic carbocycles. The molecule has 0 aliphatic carbocycles. The number of nitrogens with one attached hydrogen (secondary N) is 1. The van der Waals surface area contributed by atoms with E-state index in [1.54, 1.807) is 12.3 Å². The first kappa shape index (κ1) is 22.9. The number of nitrogens with two attached hydrogens (primary N) is 1. The van der Waals surface area contributed by atoms with Gasteiger partial charge in [0.25, 0.3) is 0 Å². The number of phenols is 1. The Morgan fingerprint density at radius 3 is 2.72 bits per heavy atom. The highest BCUT2D eigenvalue weighted by Crippen LogP contribution is 2.40. The molecule has 2 aliphatic heterocycles. The second kappa shape index (κ2) is 9.15. The van der Waals surface area contributed by atoms with Crippen LogP contribution in [0, 0.1) is 5.82 Å². The summed E-state index contributed by atoms with van der Waals surface area (Å²) < 4.78 is 22.3. The fourth-order valence-corrected chi connectivity index (χ4v) is 5.76. The van der Waals surface area contributed by atoms with Gasteiger partial charge in [0.15, 0.2) is 5.82 Å². The Hall–Kier alpha value is -3.56. The van der Waals surface area contributed by atoms with E-state index < -0.39 is 5.82 Å². The van der Waals surface area contributed by atoms with Crippen LogP contribution < -0.4 is 15.8 Å². The summed E-state index contributed by atoms with van der Waals surface area (Å²) in [6, 6.07) is 10.8. The first-order valence-electron chi connectivity index (χ1n) is 12.5. The molecule has 0 atom stereocenters. The van der Waals surface area contributed by atoms with E-state index in [4.69, 9.17) is 10.5 Å². The maximum absolute atomic E-state index is 16.1. The van der Waals surface area contributed by atoms with Crippen LogP contribution in [0.5, 0.6) is 11.8 Å². The van der Waals surface area contributed by atoms with Crippen LogP contribution in [-0.4, -0.2) is 63.3 Å². The molecule has 36 heavy (non-hydrogen) atoms. The molecule has 0 unspecified atom stereocenters. The lowest BCUT2D eigenvalue weighted by atomic mass is 9.95. The highest BCUT2D eigenvalue weighted by molar-refractivity contribution is 5.99. The fraction of sp³-hybridized carbons (Fsp3) is 0.370. The maximum Gasteiger partial charge on any atom is 0.319 e. The lowest BCUT2D eigenvalue weighted by Crippen LogP contribution is -2.43. The van der Waals surface area contributed by atoms with Gasteiger partial charge in [-0.3, -0.25) is 9.88 Å². The number of hydrogen-bond acceptors (Lipinski definition) is 8. The van der Waals surface area contributed by atoms with Gasteiger partial charge in [0.05, 0.1) is 10.9 Å².